The van der Waals surface area contributed by atoms with Gasteiger partial charge in [0.25, 0.3) is 0 Å². The number of hydrogen-bond donors (Lipinski definition) is 0. The Kier molecular flexibility index (Phi) is 8.23. The van der Waals surface area contributed by atoms with Crippen LogP contribution in [0.25, 0.3) is 10.8 Å². The van der Waals surface area contributed by atoms with Crippen molar-refractivity contribution in [1.82, 2.24) is 0 Å². The molecule has 0 N–H and O–H groups in total. The molecule has 0 aliphatic carbocycles. The minimum absolute atomic E-state index is 0.0211. The van der Waals surface area contributed by atoms with Crippen LogP contribution in [-0.4, -0.2) is 14.2 Å². The minimum Gasteiger partial charge on any atom is -0.495 e. The second-order valence-electron chi connectivity index (χ2n) is 8.25. The molecule has 0 spiro atoms. The summed E-state index contributed by atoms with van der Waals surface area (Å²) in [6.07, 6.45) is 0.0525. The lowest BCUT2D eigenvalue weighted by Crippen LogP contribution is -2.02. The first-order valence-electron chi connectivity index (χ1n) is 11.5. The van der Waals surface area contributed by atoms with Crippen molar-refractivity contribution in [2.45, 2.75) is 19.4 Å². The second-order valence-corrected chi connectivity index (χ2v) is 10.3. The summed E-state index contributed by atoms with van der Waals surface area (Å²) in [5.74, 6) is 0.906. The molecule has 37 heavy (non-hydrogen) atoms. The fourth-order valence-corrected chi connectivity index (χ4v) is 5.62. The molecule has 0 aromatic heterocycles. The van der Waals surface area contributed by atoms with E-state index in [4.69, 9.17) is 18.5 Å². The Hall–Kier alpha value is -4.13. The van der Waals surface area contributed by atoms with Crippen LogP contribution in [0.15, 0.2) is 78.9 Å². The summed E-state index contributed by atoms with van der Waals surface area (Å²) in [5, 5.41) is 20.8. The van der Waals surface area contributed by atoms with Gasteiger partial charge in [0.1, 0.15) is 23.6 Å². The number of fused-ring (bicyclic) bond motifs is 1. The predicted octanol–water partition coefficient (Wildman–Crippen LogP) is 6.73. The van der Waals surface area contributed by atoms with Crippen LogP contribution in [0, 0.1) is 22.7 Å². The molecule has 0 radical (unpaired) electrons. The molecule has 0 fully saturated rings. The Morgan fingerprint density at radius 1 is 0.730 bits per heavy atom. The summed E-state index contributed by atoms with van der Waals surface area (Å²) < 4.78 is 36.4. The van der Waals surface area contributed by atoms with Crippen molar-refractivity contribution in [1.29, 1.82) is 10.5 Å². The van der Waals surface area contributed by atoms with E-state index in [-0.39, 0.29) is 19.4 Å². The first-order valence-corrected chi connectivity index (χ1v) is 13.2. The van der Waals surface area contributed by atoms with Crippen molar-refractivity contribution in [2.24, 2.45) is 0 Å². The number of nitrogens with zero attached hydrogens (tertiary/aromatic N) is 2. The number of nitriles is 2. The molecule has 4 aromatic rings. The molecule has 0 saturated heterocycles. The smallest absolute Gasteiger partial charge is 0.335 e. The van der Waals surface area contributed by atoms with Gasteiger partial charge in [-0.15, -0.1) is 0 Å². The first-order chi connectivity index (χ1) is 18.0. The van der Waals surface area contributed by atoms with E-state index >= 15 is 0 Å². The van der Waals surface area contributed by atoms with Crippen LogP contribution >= 0.6 is 7.60 Å². The van der Waals surface area contributed by atoms with E-state index in [2.05, 4.69) is 12.1 Å². The highest BCUT2D eigenvalue weighted by molar-refractivity contribution is 7.53. The highest BCUT2D eigenvalue weighted by Gasteiger charge is 2.27. The Bertz CT molecular complexity index is 1480. The van der Waals surface area contributed by atoms with E-state index < -0.39 is 7.60 Å². The van der Waals surface area contributed by atoms with Gasteiger partial charge in [0, 0.05) is 0 Å². The van der Waals surface area contributed by atoms with Gasteiger partial charge in [-0.2, -0.15) is 10.5 Å². The molecule has 4 aromatic carbocycles. The van der Waals surface area contributed by atoms with Gasteiger partial charge in [-0.3, -0.25) is 4.57 Å². The molecule has 0 unspecified atom stereocenters. The van der Waals surface area contributed by atoms with Gasteiger partial charge in [0.2, 0.25) is 0 Å². The van der Waals surface area contributed by atoms with Crippen molar-refractivity contribution < 1.29 is 23.1 Å². The average molecular weight is 513 g/mol. The van der Waals surface area contributed by atoms with E-state index in [1.807, 2.05) is 42.5 Å². The third kappa shape index (κ3) is 6.17. The lowest BCUT2D eigenvalue weighted by molar-refractivity contribution is 0.190. The third-order valence-electron chi connectivity index (χ3n) is 5.87. The molecular formula is C29H25N2O5P. The minimum atomic E-state index is -3.69. The molecular weight excluding hydrogens is 487 g/mol. The predicted molar refractivity (Wildman–Crippen MR) is 140 cm³/mol. The summed E-state index contributed by atoms with van der Waals surface area (Å²) in [7, 11) is -0.699. The molecule has 0 saturated carbocycles. The van der Waals surface area contributed by atoms with E-state index in [0.717, 1.165) is 16.3 Å². The van der Waals surface area contributed by atoms with Gasteiger partial charge in [0.15, 0.2) is 0 Å². The van der Waals surface area contributed by atoms with E-state index in [9.17, 15) is 15.1 Å². The zero-order valence-electron chi connectivity index (χ0n) is 20.5. The molecule has 8 heteroatoms. The molecule has 0 atom stereocenters. The van der Waals surface area contributed by atoms with Gasteiger partial charge in [0.05, 0.1) is 44.7 Å². The molecule has 0 bridgehead atoms. The van der Waals surface area contributed by atoms with Crippen LogP contribution in [0.3, 0.4) is 0 Å². The summed E-state index contributed by atoms with van der Waals surface area (Å²) in [5.41, 5.74) is 2.87. The number of rotatable bonds is 10. The van der Waals surface area contributed by atoms with Crippen LogP contribution in [0.2, 0.25) is 0 Å². The quantitative estimate of drug-likeness (QED) is 0.217. The van der Waals surface area contributed by atoms with Gasteiger partial charge in [-0.1, -0.05) is 54.6 Å². The Morgan fingerprint density at radius 3 is 1.81 bits per heavy atom. The summed E-state index contributed by atoms with van der Waals surface area (Å²) >= 11 is 0. The maximum atomic E-state index is 14.1. The van der Waals surface area contributed by atoms with E-state index in [1.165, 1.54) is 14.2 Å². The van der Waals surface area contributed by atoms with Crippen molar-refractivity contribution in [3.63, 3.8) is 0 Å². The standard InChI is InChI=1S/C29H25N2O5P/c1-33-28-12-10-21(14-25(28)16-30)18-35-37(32,20-24-8-5-7-23-6-3-4-9-27(23)24)36-19-22-11-13-29(34-2)26(15-22)17-31/h3-15H,18-20H2,1-2H3. The van der Waals surface area contributed by atoms with E-state index in [1.54, 1.807) is 36.4 Å². The summed E-state index contributed by atoms with van der Waals surface area (Å²) in [4.78, 5) is 0. The third-order valence-corrected chi connectivity index (χ3v) is 7.64. The van der Waals surface area contributed by atoms with Crippen molar-refractivity contribution in [3.8, 4) is 23.6 Å². The van der Waals surface area contributed by atoms with Crippen molar-refractivity contribution >= 4 is 18.4 Å². The lowest BCUT2D eigenvalue weighted by atomic mass is 10.1. The first kappa shape index (κ1) is 25.9. The largest absolute Gasteiger partial charge is 0.495 e. The normalized spacial score (nSPS) is 11.0. The fourth-order valence-electron chi connectivity index (χ4n) is 3.98. The van der Waals surface area contributed by atoms with Crippen molar-refractivity contribution in [3.05, 3.63) is 107 Å². The van der Waals surface area contributed by atoms with Crippen molar-refractivity contribution in [2.75, 3.05) is 14.2 Å². The molecule has 7 nitrogen and oxygen atoms in total. The molecule has 0 heterocycles. The molecule has 0 aliphatic rings. The summed E-state index contributed by atoms with van der Waals surface area (Å²) in [6, 6.07) is 28.0. The van der Waals surface area contributed by atoms with Crippen LogP contribution in [0.5, 0.6) is 11.5 Å². The number of methoxy groups -OCH3 is 2. The van der Waals surface area contributed by atoms with Gasteiger partial charge in [-0.25, -0.2) is 0 Å². The molecule has 186 valence electrons. The van der Waals surface area contributed by atoms with Gasteiger partial charge in [-0.05, 0) is 51.7 Å². The van der Waals surface area contributed by atoms with Crippen LogP contribution in [-0.2, 0) is 33.0 Å². The topological polar surface area (TPSA) is 102 Å². The highest BCUT2D eigenvalue weighted by Crippen LogP contribution is 2.53. The van der Waals surface area contributed by atoms with Gasteiger partial charge < -0.3 is 18.5 Å². The summed E-state index contributed by atoms with van der Waals surface area (Å²) in [6.45, 7) is -0.0421. The van der Waals surface area contributed by atoms with E-state index in [0.29, 0.717) is 33.8 Å². The zero-order valence-corrected chi connectivity index (χ0v) is 21.4. The Balaban J connectivity index is 1.62. The average Bonchev–Trinajstić information content (AvgIpc) is 2.95. The number of benzene rings is 4. The molecule has 0 aliphatic heterocycles. The number of hydrogen-bond acceptors (Lipinski definition) is 7. The van der Waals surface area contributed by atoms with Gasteiger partial charge >= 0.3 is 7.60 Å². The van der Waals surface area contributed by atoms with Crippen LogP contribution < -0.4 is 9.47 Å². The fraction of sp³-hybridized carbons (Fsp3) is 0.172. The highest BCUT2D eigenvalue weighted by atomic mass is 31.2. The monoisotopic (exact) mass is 512 g/mol. The Labute approximate surface area is 215 Å². The van der Waals surface area contributed by atoms with Crippen LogP contribution in [0.4, 0.5) is 0 Å². The Morgan fingerprint density at radius 2 is 1.27 bits per heavy atom. The second kappa shape index (κ2) is 11.7. The maximum Gasteiger partial charge on any atom is 0.335 e. The lowest BCUT2D eigenvalue weighted by Gasteiger charge is -2.20. The SMILES string of the molecule is COc1ccc(COP(=O)(Cc2cccc3ccccc23)OCc2ccc(OC)c(C#N)c2)cc1C#N. The van der Waals surface area contributed by atoms with Crippen LogP contribution in [0.1, 0.15) is 27.8 Å². The number of ether oxygens (including phenoxy) is 2. The molecule has 4 rings (SSSR count). The zero-order chi connectivity index (χ0) is 26.3. The molecule has 0 amide bonds. The maximum absolute atomic E-state index is 14.1.